The van der Waals surface area contributed by atoms with Crippen molar-refractivity contribution in [3.05, 3.63) is 35.4 Å². The first kappa shape index (κ1) is 22.1. The zero-order valence-corrected chi connectivity index (χ0v) is 18.4. The van der Waals surface area contributed by atoms with E-state index >= 15 is 0 Å². The lowest BCUT2D eigenvalue weighted by Crippen LogP contribution is -2.54. The summed E-state index contributed by atoms with van der Waals surface area (Å²) in [4.78, 5) is 30.5. The standard InChI is InChI=1S/C23H33N3O2.ClH/c1-16(2)11-22(27)26-15-20-6-4-3-5-17(20)12-21(26)23(28)25-9-7-18-13-24-14-19(18)8-10-25;/h3-6,16,18-19,21,24H,7-15H2,1-2H3;1H/t18-,19+,21?;. The lowest BCUT2D eigenvalue weighted by Gasteiger charge is -2.39. The summed E-state index contributed by atoms with van der Waals surface area (Å²) in [6.45, 7) is 8.51. The summed E-state index contributed by atoms with van der Waals surface area (Å²) in [6, 6.07) is 7.90. The van der Waals surface area contributed by atoms with Crippen molar-refractivity contribution in [3.63, 3.8) is 0 Å². The average Bonchev–Trinajstić information content (AvgIpc) is 3.04. The fourth-order valence-corrected chi connectivity index (χ4v) is 5.12. The number of halogens is 1. The fraction of sp³-hybridized carbons (Fsp3) is 0.652. The maximum absolute atomic E-state index is 13.6. The molecular weight excluding hydrogens is 386 g/mol. The van der Waals surface area contributed by atoms with Crippen molar-refractivity contribution < 1.29 is 9.59 Å². The quantitative estimate of drug-likeness (QED) is 0.819. The van der Waals surface area contributed by atoms with Crippen molar-refractivity contribution in [1.29, 1.82) is 0 Å². The van der Waals surface area contributed by atoms with Crippen LogP contribution >= 0.6 is 12.4 Å². The van der Waals surface area contributed by atoms with Gasteiger partial charge in [-0.1, -0.05) is 38.1 Å². The van der Waals surface area contributed by atoms with Crippen molar-refractivity contribution in [2.24, 2.45) is 17.8 Å². The van der Waals surface area contributed by atoms with Crippen LogP contribution in [0.1, 0.15) is 44.2 Å². The van der Waals surface area contributed by atoms with Crippen molar-refractivity contribution >= 4 is 24.2 Å². The van der Waals surface area contributed by atoms with Crippen LogP contribution in [-0.2, 0) is 22.6 Å². The molecule has 4 rings (SSSR count). The van der Waals surface area contributed by atoms with Crippen molar-refractivity contribution in [2.75, 3.05) is 26.2 Å². The number of nitrogens with one attached hydrogen (secondary N) is 1. The SMILES string of the molecule is CC(C)CC(=O)N1Cc2ccccc2CC1C(=O)N1CC[C@@H]2CNC[C@@H]2CC1.Cl. The van der Waals surface area contributed by atoms with E-state index in [1.165, 1.54) is 11.1 Å². The predicted octanol–water partition coefficient (Wildman–Crippen LogP) is 2.87. The highest BCUT2D eigenvalue weighted by Crippen LogP contribution is 2.30. The molecule has 0 aromatic heterocycles. The van der Waals surface area contributed by atoms with Crippen molar-refractivity contribution in [1.82, 2.24) is 15.1 Å². The summed E-state index contributed by atoms with van der Waals surface area (Å²) in [7, 11) is 0. The van der Waals surface area contributed by atoms with E-state index < -0.39 is 0 Å². The van der Waals surface area contributed by atoms with E-state index in [1.54, 1.807) is 0 Å². The summed E-state index contributed by atoms with van der Waals surface area (Å²) in [5, 5.41) is 3.49. The molecule has 5 nitrogen and oxygen atoms in total. The number of hydrogen-bond acceptors (Lipinski definition) is 3. The third kappa shape index (κ3) is 4.77. The van der Waals surface area contributed by atoms with Crippen LogP contribution in [0.3, 0.4) is 0 Å². The average molecular weight is 420 g/mol. The minimum atomic E-state index is -0.350. The number of nitrogens with zero attached hydrogens (tertiary/aromatic N) is 2. The minimum Gasteiger partial charge on any atom is -0.341 e. The second-order valence-corrected chi connectivity index (χ2v) is 9.19. The normalized spacial score (nSPS) is 26.4. The second-order valence-electron chi connectivity index (χ2n) is 9.19. The molecule has 3 aliphatic heterocycles. The van der Waals surface area contributed by atoms with Gasteiger partial charge in [-0.2, -0.15) is 0 Å². The van der Waals surface area contributed by atoms with E-state index in [-0.39, 0.29) is 30.3 Å². The molecule has 29 heavy (non-hydrogen) atoms. The van der Waals surface area contributed by atoms with Crippen LogP contribution in [0.4, 0.5) is 0 Å². The van der Waals surface area contributed by atoms with Gasteiger partial charge in [0.05, 0.1) is 0 Å². The molecule has 1 aromatic carbocycles. The van der Waals surface area contributed by atoms with Crippen LogP contribution < -0.4 is 5.32 Å². The Balaban J connectivity index is 0.00000240. The highest BCUT2D eigenvalue weighted by molar-refractivity contribution is 5.88. The maximum Gasteiger partial charge on any atom is 0.245 e. The number of benzene rings is 1. The summed E-state index contributed by atoms with van der Waals surface area (Å²) >= 11 is 0. The second kappa shape index (κ2) is 9.48. The molecule has 2 saturated heterocycles. The zero-order valence-electron chi connectivity index (χ0n) is 17.6. The van der Waals surface area contributed by atoms with Gasteiger partial charge in [0, 0.05) is 32.5 Å². The largest absolute Gasteiger partial charge is 0.341 e. The Morgan fingerprint density at radius 2 is 1.69 bits per heavy atom. The lowest BCUT2D eigenvalue weighted by atomic mass is 9.92. The summed E-state index contributed by atoms with van der Waals surface area (Å²) in [5.74, 6) is 1.95. The molecule has 160 valence electrons. The fourth-order valence-electron chi connectivity index (χ4n) is 5.12. The predicted molar refractivity (Wildman–Crippen MR) is 117 cm³/mol. The van der Waals surface area contributed by atoms with Gasteiger partial charge in [-0.3, -0.25) is 9.59 Å². The Morgan fingerprint density at radius 3 is 2.31 bits per heavy atom. The van der Waals surface area contributed by atoms with Crippen molar-refractivity contribution in [3.8, 4) is 0 Å². The van der Waals surface area contributed by atoms with Gasteiger partial charge in [0.15, 0.2) is 0 Å². The number of likely N-dealkylation sites (tertiary alicyclic amines) is 1. The Bertz CT molecular complexity index is 725. The smallest absolute Gasteiger partial charge is 0.245 e. The molecule has 2 amide bonds. The molecule has 0 spiro atoms. The molecule has 1 aromatic rings. The molecule has 3 aliphatic rings. The molecule has 0 radical (unpaired) electrons. The van der Waals surface area contributed by atoms with Gasteiger partial charge in [-0.05, 0) is 54.8 Å². The highest BCUT2D eigenvalue weighted by atomic mass is 35.5. The Kier molecular flexibility index (Phi) is 7.23. The van der Waals surface area contributed by atoms with Crippen LogP contribution in [0, 0.1) is 17.8 Å². The van der Waals surface area contributed by atoms with E-state index in [1.807, 2.05) is 21.9 Å². The van der Waals surface area contributed by atoms with Crippen molar-refractivity contribution in [2.45, 2.75) is 52.1 Å². The minimum absolute atomic E-state index is 0. The van der Waals surface area contributed by atoms with Gasteiger partial charge < -0.3 is 15.1 Å². The number of rotatable bonds is 3. The Labute approximate surface area is 180 Å². The Morgan fingerprint density at radius 1 is 1.07 bits per heavy atom. The number of carbonyl (C=O) groups is 2. The van der Waals surface area contributed by atoms with Crippen LogP contribution in [-0.4, -0.2) is 53.8 Å². The van der Waals surface area contributed by atoms with E-state index in [0.717, 1.165) is 39.0 Å². The van der Waals surface area contributed by atoms with Crippen LogP contribution in [0.15, 0.2) is 24.3 Å². The topological polar surface area (TPSA) is 52.7 Å². The summed E-state index contributed by atoms with van der Waals surface area (Å²) in [6.07, 6.45) is 3.30. The molecule has 6 heteroatoms. The molecule has 2 fully saturated rings. The summed E-state index contributed by atoms with van der Waals surface area (Å²) < 4.78 is 0. The molecule has 0 saturated carbocycles. The number of hydrogen-bond donors (Lipinski definition) is 1. The van der Waals surface area contributed by atoms with E-state index in [2.05, 4.69) is 31.3 Å². The zero-order chi connectivity index (χ0) is 19.7. The first-order chi connectivity index (χ1) is 13.5. The maximum atomic E-state index is 13.6. The van der Waals surface area contributed by atoms with Crippen LogP contribution in [0.25, 0.3) is 0 Å². The first-order valence-electron chi connectivity index (χ1n) is 10.9. The van der Waals surface area contributed by atoms with Gasteiger partial charge in [0.2, 0.25) is 11.8 Å². The van der Waals surface area contributed by atoms with Crippen LogP contribution in [0.2, 0.25) is 0 Å². The van der Waals surface area contributed by atoms with E-state index in [4.69, 9.17) is 0 Å². The van der Waals surface area contributed by atoms with Gasteiger partial charge in [0.25, 0.3) is 0 Å². The van der Waals surface area contributed by atoms with Gasteiger partial charge in [-0.15, -0.1) is 12.4 Å². The molecule has 0 aliphatic carbocycles. The van der Waals surface area contributed by atoms with E-state index in [0.29, 0.717) is 37.1 Å². The Hall–Kier alpha value is -1.59. The molecule has 3 atom stereocenters. The lowest BCUT2D eigenvalue weighted by molar-refractivity contribution is -0.147. The monoisotopic (exact) mass is 419 g/mol. The van der Waals surface area contributed by atoms with Crippen LogP contribution in [0.5, 0.6) is 0 Å². The molecule has 1 N–H and O–H groups in total. The summed E-state index contributed by atoms with van der Waals surface area (Å²) in [5.41, 5.74) is 2.39. The number of fused-ring (bicyclic) bond motifs is 2. The third-order valence-electron chi connectivity index (χ3n) is 6.77. The highest BCUT2D eigenvalue weighted by Gasteiger charge is 2.38. The molecule has 1 unspecified atom stereocenters. The first-order valence-corrected chi connectivity index (χ1v) is 10.9. The number of carbonyl (C=O) groups excluding carboxylic acids is 2. The van der Waals surface area contributed by atoms with Gasteiger partial charge in [-0.25, -0.2) is 0 Å². The van der Waals surface area contributed by atoms with Gasteiger partial charge >= 0.3 is 0 Å². The number of amides is 2. The van der Waals surface area contributed by atoms with Gasteiger partial charge in [0.1, 0.15) is 6.04 Å². The molecular formula is C23H34ClN3O2. The van der Waals surface area contributed by atoms with E-state index in [9.17, 15) is 9.59 Å². The third-order valence-corrected chi connectivity index (χ3v) is 6.77. The molecule has 0 bridgehead atoms. The molecule has 3 heterocycles.